The van der Waals surface area contributed by atoms with Gasteiger partial charge in [-0.2, -0.15) is 0 Å². The standard InChI is InChI=1S/C7H13O6P/c1-2-3-7(8)10-6-13-14(9)11-4-5-12-14/h2-6H2,1H3. The molecule has 0 radical (unpaired) electrons. The zero-order valence-corrected chi connectivity index (χ0v) is 8.83. The third kappa shape index (κ3) is 3.75. The lowest BCUT2D eigenvalue weighted by Gasteiger charge is -2.09. The highest BCUT2D eigenvalue weighted by Crippen LogP contribution is 2.52. The van der Waals surface area contributed by atoms with Crippen LogP contribution in [-0.4, -0.2) is 26.0 Å². The van der Waals surface area contributed by atoms with Crippen molar-refractivity contribution in [1.82, 2.24) is 0 Å². The summed E-state index contributed by atoms with van der Waals surface area (Å²) >= 11 is 0. The van der Waals surface area contributed by atoms with Gasteiger partial charge in [-0.15, -0.1) is 0 Å². The van der Waals surface area contributed by atoms with Crippen molar-refractivity contribution in [3.05, 3.63) is 0 Å². The van der Waals surface area contributed by atoms with Gasteiger partial charge in [0, 0.05) is 6.42 Å². The SMILES string of the molecule is CCCC(=O)OCOP1(=O)OCCO1. The van der Waals surface area contributed by atoms with Crippen LogP contribution in [0.5, 0.6) is 0 Å². The van der Waals surface area contributed by atoms with Crippen LogP contribution in [-0.2, 0) is 27.7 Å². The van der Waals surface area contributed by atoms with Crippen LogP contribution in [0.1, 0.15) is 19.8 Å². The summed E-state index contributed by atoms with van der Waals surface area (Å²) in [7, 11) is -3.42. The predicted molar refractivity (Wildman–Crippen MR) is 46.5 cm³/mol. The van der Waals surface area contributed by atoms with E-state index < -0.39 is 20.6 Å². The maximum absolute atomic E-state index is 11.3. The molecule has 0 amide bonds. The molecule has 6 nitrogen and oxygen atoms in total. The molecule has 0 spiro atoms. The first kappa shape index (κ1) is 11.7. The first-order valence-corrected chi connectivity index (χ1v) is 5.81. The lowest BCUT2D eigenvalue weighted by atomic mass is 10.3. The molecule has 7 heteroatoms. The van der Waals surface area contributed by atoms with Gasteiger partial charge in [0.05, 0.1) is 13.2 Å². The lowest BCUT2D eigenvalue weighted by Crippen LogP contribution is -2.07. The normalized spacial score (nSPS) is 19.5. The molecule has 1 fully saturated rings. The van der Waals surface area contributed by atoms with E-state index in [0.29, 0.717) is 12.8 Å². The third-order valence-electron chi connectivity index (χ3n) is 1.47. The Morgan fingerprint density at radius 2 is 2.07 bits per heavy atom. The molecular formula is C7H13O6P. The molecule has 1 aliphatic rings. The van der Waals surface area contributed by atoms with Crippen LogP contribution in [0.4, 0.5) is 0 Å². The summed E-state index contributed by atoms with van der Waals surface area (Å²) in [5, 5.41) is 0. The van der Waals surface area contributed by atoms with E-state index in [0.717, 1.165) is 0 Å². The zero-order valence-electron chi connectivity index (χ0n) is 7.93. The van der Waals surface area contributed by atoms with Crippen LogP contribution in [0.25, 0.3) is 0 Å². The lowest BCUT2D eigenvalue weighted by molar-refractivity contribution is -0.150. The molecule has 0 atom stereocenters. The van der Waals surface area contributed by atoms with Crippen molar-refractivity contribution in [2.75, 3.05) is 20.0 Å². The summed E-state index contributed by atoms with van der Waals surface area (Å²) in [5.41, 5.74) is 0. The quantitative estimate of drug-likeness (QED) is 0.400. The fourth-order valence-electron chi connectivity index (χ4n) is 0.843. The van der Waals surface area contributed by atoms with Crippen LogP contribution in [0.3, 0.4) is 0 Å². The number of phosphoric ester groups is 1. The number of phosphoric acid groups is 1. The predicted octanol–water partition coefficient (Wildman–Crippen LogP) is 1.46. The molecule has 0 aromatic rings. The monoisotopic (exact) mass is 224 g/mol. The van der Waals surface area contributed by atoms with Gasteiger partial charge in [0.1, 0.15) is 0 Å². The molecule has 14 heavy (non-hydrogen) atoms. The van der Waals surface area contributed by atoms with Gasteiger partial charge in [-0.1, -0.05) is 6.92 Å². The minimum Gasteiger partial charge on any atom is -0.438 e. The Hall–Kier alpha value is -0.420. The molecule has 1 saturated heterocycles. The van der Waals surface area contributed by atoms with Crippen LogP contribution < -0.4 is 0 Å². The molecule has 0 saturated carbocycles. The number of carbonyl (C=O) groups excluding carboxylic acids is 1. The first-order valence-electron chi connectivity index (χ1n) is 4.35. The number of carbonyl (C=O) groups is 1. The Morgan fingerprint density at radius 3 is 2.64 bits per heavy atom. The van der Waals surface area contributed by atoms with Crippen LogP contribution >= 0.6 is 7.82 Å². The topological polar surface area (TPSA) is 71.1 Å². The van der Waals surface area contributed by atoms with Crippen molar-refractivity contribution >= 4 is 13.8 Å². The number of rotatable bonds is 5. The number of hydrogen-bond donors (Lipinski definition) is 0. The summed E-state index contributed by atoms with van der Waals surface area (Å²) in [5.74, 6) is -0.390. The Morgan fingerprint density at radius 1 is 1.43 bits per heavy atom. The Balaban J connectivity index is 2.14. The Bertz CT molecular complexity index is 230. The minimum absolute atomic E-state index is 0.236. The third-order valence-corrected chi connectivity index (χ3v) is 2.89. The molecule has 82 valence electrons. The molecule has 0 aliphatic carbocycles. The van der Waals surface area contributed by atoms with Crippen LogP contribution in [0, 0.1) is 0 Å². The summed E-state index contributed by atoms with van der Waals surface area (Å²) in [4.78, 5) is 10.8. The van der Waals surface area contributed by atoms with Crippen molar-refractivity contribution in [3.8, 4) is 0 Å². The van der Waals surface area contributed by atoms with E-state index in [9.17, 15) is 9.36 Å². The second-order valence-electron chi connectivity index (χ2n) is 2.63. The van der Waals surface area contributed by atoms with Gasteiger partial charge in [0.2, 0.25) is 6.79 Å². The molecule has 0 unspecified atom stereocenters. The van der Waals surface area contributed by atoms with Gasteiger partial charge in [0.15, 0.2) is 0 Å². The van der Waals surface area contributed by atoms with Gasteiger partial charge in [-0.25, -0.2) is 9.09 Å². The maximum atomic E-state index is 11.3. The van der Waals surface area contributed by atoms with Crippen LogP contribution in [0.2, 0.25) is 0 Å². The van der Waals surface area contributed by atoms with Crippen molar-refractivity contribution in [2.45, 2.75) is 19.8 Å². The fraction of sp³-hybridized carbons (Fsp3) is 0.857. The zero-order chi connectivity index (χ0) is 10.4. The number of ether oxygens (including phenoxy) is 1. The highest BCUT2D eigenvalue weighted by molar-refractivity contribution is 7.48. The van der Waals surface area contributed by atoms with Crippen molar-refractivity contribution in [2.24, 2.45) is 0 Å². The maximum Gasteiger partial charge on any atom is 0.477 e. The van der Waals surface area contributed by atoms with Crippen molar-refractivity contribution in [3.63, 3.8) is 0 Å². The first-order chi connectivity index (χ1) is 6.66. The summed E-state index contributed by atoms with van der Waals surface area (Å²) in [6.45, 7) is 1.93. The molecule has 1 rings (SSSR count). The smallest absolute Gasteiger partial charge is 0.438 e. The fourth-order valence-corrected chi connectivity index (χ4v) is 1.84. The van der Waals surface area contributed by atoms with Crippen molar-refractivity contribution in [1.29, 1.82) is 0 Å². The van der Waals surface area contributed by atoms with Gasteiger partial charge in [-0.05, 0) is 6.42 Å². The van der Waals surface area contributed by atoms with E-state index in [-0.39, 0.29) is 13.2 Å². The van der Waals surface area contributed by atoms with Gasteiger partial charge >= 0.3 is 13.8 Å². The average Bonchev–Trinajstić information content (AvgIpc) is 2.53. The molecule has 1 heterocycles. The highest BCUT2D eigenvalue weighted by atomic mass is 31.2. The highest BCUT2D eigenvalue weighted by Gasteiger charge is 2.32. The molecule has 0 aromatic carbocycles. The van der Waals surface area contributed by atoms with Gasteiger partial charge in [0.25, 0.3) is 0 Å². The molecule has 0 bridgehead atoms. The van der Waals surface area contributed by atoms with E-state index in [2.05, 4.69) is 9.26 Å². The summed E-state index contributed by atoms with van der Waals surface area (Å²) in [6.07, 6.45) is 1.01. The molecule has 0 aromatic heterocycles. The van der Waals surface area contributed by atoms with E-state index in [1.54, 1.807) is 0 Å². The molecular weight excluding hydrogens is 211 g/mol. The van der Waals surface area contributed by atoms with E-state index >= 15 is 0 Å². The second kappa shape index (κ2) is 5.46. The largest absolute Gasteiger partial charge is 0.477 e. The Kier molecular flexibility index (Phi) is 4.54. The van der Waals surface area contributed by atoms with E-state index in [1.165, 1.54) is 0 Å². The Labute approximate surface area is 82.1 Å². The van der Waals surface area contributed by atoms with E-state index in [4.69, 9.17) is 9.05 Å². The van der Waals surface area contributed by atoms with Gasteiger partial charge < -0.3 is 4.74 Å². The summed E-state index contributed by atoms with van der Waals surface area (Å²) < 4.78 is 30.0. The summed E-state index contributed by atoms with van der Waals surface area (Å²) in [6, 6.07) is 0. The molecule has 1 aliphatic heterocycles. The van der Waals surface area contributed by atoms with Crippen LogP contribution in [0.15, 0.2) is 0 Å². The second-order valence-corrected chi connectivity index (χ2v) is 4.30. The molecule has 0 N–H and O–H groups in total. The number of esters is 1. The average molecular weight is 224 g/mol. The number of hydrogen-bond acceptors (Lipinski definition) is 6. The minimum atomic E-state index is -3.42. The van der Waals surface area contributed by atoms with E-state index in [1.807, 2.05) is 6.92 Å². The van der Waals surface area contributed by atoms with Crippen molar-refractivity contribution < 1.29 is 27.7 Å². The van der Waals surface area contributed by atoms with Gasteiger partial charge in [-0.3, -0.25) is 13.8 Å².